The van der Waals surface area contributed by atoms with Crippen molar-refractivity contribution in [2.45, 2.75) is 75.8 Å². The summed E-state index contributed by atoms with van der Waals surface area (Å²) in [6.45, 7) is 8.23. The summed E-state index contributed by atoms with van der Waals surface area (Å²) in [6.07, 6.45) is 9.66. The molecule has 0 aromatic rings. The van der Waals surface area contributed by atoms with E-state index in [4.69, 9.17) is 0 Å². The van der Waals surface area contributed by atoms with Crippen molar-refractivity contribution in [2.24, 2.45) is 0 Å². The van der Waals surface area contributed by atoms with Gasteiger partial charge in [0.15, 0.2) is 0 Å². The van der Waals surface area contributed by atoms with E-state index in [0.29, 0.717) is 4.87 Å². The number of nitrogens with one attached hydrogen (secondary N) is 1. The third kappa shape index (κ3) is 5.26. The van der Waals surface area contributed by atoms with E-state index in [0.717, 1.165) is 5.25 Å². The van der Waals surface area contributed by atoms with Gasteiger partial charge in [0, 0.05) is 5.25 Å². The second-order valence-electron chi connectivity index (χ2n) is 5.04. The fraction of sp³-hybridized carbons (Fsp3) is 1.00. The van der Waals surface area contributed by atoms with Gasteiger partial charge < -0.3 is 5.32 Å². The molecule has 2 atom stereocenters. The maximum Gasteiger partial charge on any atom is 0.0619 e. The highest BCUT2D eigenvalue weighted by Crippen LogP contribution is 2.35. The minimum atomic E-state index is 0.365. The van der Waals surface area contributed by atoms with Crippen LogP contribution in [0.15, 0.2) is 0 Å². The van der Waals surface area contributed by atoms with Crippen LogP contribution in [0.4, 0.5) is 0 Å². The first-order chi connectivity index (χ1) is 7.16. The minimum absolute atomic E-state index is 0.365. The highest BCUT2D eigenvalue weighted by Gasteiger charge is 2.29. The van der Waals surface area contributed by atoms with E-state index >= 15 is 0 Å². The van der Waals surface area contributed by atoms with Crippen LogP contribution in [0, 0.1) is 0 Å². The van der Waals surface area contributed by atoms with E-state index < -0.39 is 0 Å². The molecule has 15 heavy (non-hydrogen) atoms. The monoisotopic (exact) mass is 229 g/mol. The molecular formula is C13H27NS. The minimum Gasteiger partial charge on any atom is -0.303 e. The molecule has 0 radical (unpaired) electrons. The second-order valence-corrected chi connectivity index (χ2v) is 6.98. The molecule has 0 spiro atoms. The van der Waals surface area contributed by atoms with Gasteiger partial charge in [0.25, 0.3) is 0 Å². The molecule has 0 aromatic carbocycles. The SMILES string of the molecule is CCCCCCCC1(C)NCCC(C)S1. The van der Waals surface area contributed by atoms with Crippen LogP contribution < -0.4 is 5.32 Å². The number of thioether (sulfide) groups is 1. The van der Waals surface area contributed by atoms with Crippen molar-refractivity contribution < 1.29 is 0 Å². The van der Waals surface area contributed by atoms with Crippen LogP contribution in [-0.2, 0) is 0 Å². The van der Waals surface area contributed by atoms with Crippen LogP contribution in [0.3, 0.4) is 0 Å². The van der Waals surface area contributed by atoms with Crippen LogP contribution in [0.25, 0.3) is 0 Å². The topological polar surface area (TPSA) is 12.0 Å². The lowest BCUT2D eigenvalue weighted by Gasteiger charge is -2.37. The molecule has 1 rings (SSSR count). The first-order valence-corrected chi connectivity index (χ1v) is 7.47. The number of hydrogen-bond acceptors (Lipinski definition) is 2. The molecule has 0 aromatic heterocycles. The number of unbranched alkanes of at least 4 members (excludes halogenated alkanes) is 4. The summed E-state index contributed by atoms with van der Waals surface area (Å²) in [6, 6.07) is 0. The highest BCUT2D eigenvalue weighted by atomic mass is 32.2. The summed E-state index contributed by atoms with van der Waals surface area (Å²) >= 11 is 2.14. The van der Waals surface area contributed by atoms with E-state index in [1.165, 1.54) is 51.5 Å². The molecule has 1 fully saturated rings. The van der Waals surface area contributed by atoms with E-state index in [2.05, 4.69) is 37.8 Å². The standard InChI is InChI=1S/C13H27NS/c1-4-5-6-7-8-10-13(3)14-11-9-12(2)15-13/h12,14H,4-11H2,1-3H3. The van der Waals surface area contributed by atoms with Gasteiger partial charge in [0.05, 0.1) is 4.87 Å². The zero-order chi connectivity index (χ0) is 11.1. The van der Waals surface area contributed by atoms with Crippen LogP contribution >= 0.6 is 11.8 Å². The predicted octanol–water partition coefficient (Wildman–Crippen LogP) is 4.18. The maximum atomic E-state index is 3.68. The maximum absolute atomic E-state index is 3.68. The Labute approximate surface area is 99.8 Å². The molecule has 1 aliphatic heterocycles. The van der Waals surface area contributed by atoms with Crippen LogP contribution in [0.2, 0.25) is 0 Å². The van der Waals surface area contributed by atoms with Gasteiger partial charge in [-0.05, 0) is 26.3 Å². The van der Waals surface area contributed by atoms with Gasteiger partial charge >= 0.3 is 0 Å². The molecule has 1 aliphatic rings. The molecule has 0 saturated carbocycles. The molecule has 0 bridgehead atoms. The summed E-state index contributed by atoms with van der Waals surface area (Å²) in [7, 11) is 0. The predicted molar refractivity (Wildman–Crippen MR) is 71.5 cm³/mol. The fourth-order valence-corrected chi connectivity index (χ4v) is 3.87. The summed E-state index contributed by atoms with van der Waals surface area (Å²) in [5.74, 6) is 0. The molecular weight excluding hydrogens is 202 g/mol. The number of rotatable bonds is 6. The Balaban J connectivity index is 2.12. The largest absolute Gasteiger partial charge is 0.303 e. The van der Waals surface area contributed by atoms with Gasteiger partial charge in [-0.3, -0.25) is 0 Å². The van der Waals surface area contributed by atoms with E-state index in [-0.39, 0.29) is 0 Å². The molecule has 2 heteroatoms. The third-order valence-electron chi connectivity index (χ3n) is 3.27. The second kappa shape index (κ2) is 6.80. The molecule has 1 saturated heterocycles. The third-order valence-corrected chi connectivity index (χ3v) is 4.78. The molecule has 1 N–H and O–H groups in total. The van der Waals surface area contributed by atoms with Crippen molar-refractivity contribution in [3.05, 3.63) is 0 Å². The average Bonchev–Trinajstić information content (AvgIpc) is 2.17. The Hall–Kier alpha value is 0.310. The van der Waals surface area contributed by atoms with Crippen molar-refractivity contribution in [3.63, 3.8) is 0 Å². The van der Waals surface area contributed by atoms with Gasteiger partial charge in [0.2, 0.25) is 0 Å². The van der Waals surface area contributed by atoms with Crippen molar-refractivity contribution in [3.8, 4) is 0 Å². The molecule has 0 amide bonds. The summed E-state index contributed by atoms with van der Waals surface area (Å²) in [5.41, 5.74) is 0. The van der Waals surface area contributed by atoms with E-state index in [1.54, 1.807) is 0 Å². The smallest absolute Gasteiger partial charge is 0.0619 e. The lowest BCUT2D eigenvalue weighted by molar-refractivity contribution is 0.422. The number of hydrogen-bond donors (Lipinski definition) is 1. The van der Waals surface area contributed by atoms with Crippen LogP contribution in [0.5, 0.6) is 0 Å². The zero-order valence-corrected chi connectivity index (χ0v) is 11.5. The van der Waals surface area contributed by atoms with Gasteiger partial charge in [-0.15, -0.1) is 11.8 Å². The lowest BCUT2D eigenvalue weighted by Crippen LogP contribution is -2.45. The van der Waals surface area contributed by atoms with Crippen molar-refractivity contribution in [1.82, 2.24) is 5.32 Å². The molecule has 1 nitrogen and oxygen atoms in total. The van der Waals surface area contributed by atoms with Crippen molar-refractivity contribution in [2.75, 3.05) is 6.54 Å². The Bertz CT molecular complexity index is 172. The van der Waals surface area contributed by atoms with Gasteiger partial charge in [-0.2, -0.15) is 0 Å². The molecule has 2 unspecified atom stereocenters. The summed E-state index contributed by atoms with van der Waals surface area (Å²) < 4.78 is 0. The first-order valence-electron chi connectivity index (χ1n) is 6.59. The summed E-state index contributed by atoms with van der Waals surface area (Å²) in [5, 5.41) is 4.52. The Morgan fingerprint density at radius 2 is 2.00 bits per heavy atom. The van der Waals surface area contributed by atoms with Crippen molar-refractivity contribution in [1.29, 1.82) is 0 Å². The Kier molecular flexibility index (Phi) is 6.06. The first kappa shape index (κ1) is 13.4. The van der Waals surface area contributed by atoms with Gasteiger partial charge in [0.1, 0.15) is 0 Å². The lowest BCUT2D eigenvalue weighted by atomic mass is 10.1. The molecule has 1 heterocycles. The normalized spacial score (nSPS) is 31.8. The van der Waals surface area contributed by atoms with Gasteiger partial charge in [-0.1, -0.05) is 46.0 Å². The van der Waals surface area contributed by atoms with Crippen LogP contribution in [-0.4, -0.2) is 16.7 Å². The fourth-order valence-electron chi connectivity index (χ4n) is 2.30. The Morgan fingerprint density at radius 1 is 1.27 bits per heavy atom. The van der Waals surface area contributed by atoms with E-state index in [9.17, 15) is 0 Å². The quantitative estimate of drug-likeness (QED) is 0.686. The van der Waals surface area contributed by atoms with E-state index in [1.807, 2.05) is 0 Å². The molecule has 0 aliphatic carbocycles. The van der Waals surface area contributed by atoms with Gasteiger partial charge in [-0.25, -0.2) is 0 Å². The summed E-state index contributed by atoms with van der Waals surface area (Å²) in [4.78, 5) is 0.365. The van der Waals surface area contributed by atoms with Crippen molar-refractivity contribution >= 4 is 11.8 Å². The zero-order valence-electron chi connectivity index (χ0n) is 10.6. The van der Waals surface area contributed by atoms with Crippen LogP contribution in [0.1, 0.15) is 65.7 Å². The average molecular weight is 229 g/mol. The Morgan fingerprint density at radius 3 is 2.67 bits per heavy atom. The molecule has 90 valence electrons. The highest BCUT2D eigenvalue weighted by molar-refractivity contribution is 8.01.